The number of nitrogens with one attached hydrogen (secondary N) is 1. The highest BCUT2D eigenvalue weighted by Crippen LogP contribution is 2.26. The van der Waals surface area contributed by atoms with Gasteiger partial charge in [-0.25, -0.2) is 5.43 Å². The van der Waals surface area contributed by atoms with Crippen molar-refractivity contribution >= 4 is 12.1 Å². The number of amides is 1. The molecule has 0 aliphatic carbocycles. The molecule has 0 aliphatic rings. The molecule has 2 aromatic rings. The van der Waals surface area contributed by atoms with Crippen LogP contribution in [0.25, 0.3) is 0 Å². The number of hydrazone groups is 1. The minimum absolute atomic E-state index is 0.0483. The number of nitrogens with zero attached hydrogens (tertiary/aromatic N) is 1. The first-order chi connectivity index (χ1) is 10.6. The van der Waals surface area contributed by atoms with E-state index in [9.17, 15) is 9.90 Å². The van der Waals surface area contributed by atoms with Crippen LogP contribution in [0, 0.1) is 0 Å². The fourth-order valence-electron chi connectivity index (χ4n) is 1.72. The molecule has 0 atom stereocenters. The monoisotopic (exact) mass is 300 g/mol. The highest BCUT2D eigenvalue weighted by Gasteiger charge is 2.04. The van der Waals surface area contributed by atoms with Crippen LogP contribution in [-0.4, -0.2) is 28.9 Å². The number of phenols is 2. The number of rotatable bonds is 5. The van der Waals surface area contributed by atoms with Gasteiger partial charge >= 0.3 is 0 Å². The molecule has 0 aromatic heterocycles. The molecular formula is C16H16N2O4. The van der Waals surface area contributed by atoms with Gasteiger partial charge in [0.1, 0.15) is 5.75 Å². The molecule has 0 bridgehead atoms. The van der Waals surface area contributed by atoms with Crippen molar-refractivity contribution in [1.29, 1.82) is 0 Å². The van der Waals surface area contributed by atoms with Gasteiger partial charge in [-0.2, -0.15) is 5.10 Å². The number of carbonyl (C=O) groups excluding carboxylic acids is 1. The van der Waals surface area contributed by atoms with Crippen LogP contribution in [0.2, 0.25) is 0 Å². The molecule has 114 valence electrons. The number of ether oxygens (including phenoxy) is 1. The number of phenolic OH excluding ortho intramolecular Hbond substituents is 2. The summed E-state index contributed by atoms with van der Waals surface area (Å²) in [5, 5.41) is 22.6. The first kappa shape index (κ1) is 15.4. The maximum atomic E-state index is 11.8. The van der Waals surface area contributed by atoms with E-state index in [0.717, 1.165) is 0 Å². The predicted molar refractivity (Wildman–Crippen MR) is 82.4 cm³/mol. The lowest BCUT2D eigenvalue weighted by atomic mass is 10.2. The maximum absolute atomic E-state index is 11.8. The molecule has 0 unspecified atom stereocenters. The lowest BCUT2D eigenvalue weighted by Gasteiger charge is -2.06. The van der Waals surface area contributed by atoms with Gasteiger partial charge in [-0.1, -0.05) is 0 Å². The standard InChI is InChI=1S/C16H16N2O4/c1-2-22-15-9-11(3-8-14(15)20)10-17-18-16(21)12-4-6-13(19)7-5-12/h3-10,19-20H,2H2,1H3,(H,18,21)/b17-10-. The molecule has 2 rings (SSSR count). The minimum Gasteiger partial charge on any atom is -0.508 e. The molecule has 0 saturated carbocycles. The Bertz CT molecular complexity index is 681. The van der Waals surface area contributed by atoms with Crippen LogP contribution in [-0.2, 0) is 0 Å². The van der Waals surface area contributed by atoms with E-state index < -0.39 is 0 Å². The molecule has 0 radical (unpaired) electrons. The second-order valence-corrected chi connectivity index (χ2v) is 4.41. The summed E-state index contributed by atoms with van der Waals surface area (Å²) in [7, 11) is 0. The number of hydrogen-bond donors (Lipinski definition) is 3. The number of carbonyl (C=O) groups is 1. The van der Waals surface area contributed by atoms with E-state index in [1.54, 1.807) is 12.1 Å². The largest absolute Gasteiger partial charge is 0.508 e. The van der Waals surface area contributed by atoms with E-state index in [4.69, 9.17) is 9.84 Å². The molecule has 0 aliphatic heterocycles. The Morgan fingerprint density at radius 1 is 1.23 bits per heavy atom. The fourth-order valence-corrected chi connectivity index (χ4v) is 1.72. The molecule has 1 amide bonds. The van der Waals surface area contributed by atoms with Gasteiger partial charge in [0.05, 0.1) is 12.8 Å². The minimum atomic E-state index is -0.389. The highest BCUT2D eigenvalue weighted by molar-refractivity contribution is 5.95. The first-order valence-corrected chi connectivity index (χ1v) is 6.68. The summed E-state index contributed by atoms with van der Waals surface area (Å²) in [5.41, 5.74) is 3.44. The zero-order valence-electron chi connectivity index (χ0n) is 12.0. The van der Waals surface area contributed by atoms with Gasteiger partial charge in [0.2, 0.25) is 0 Å². The van der Waals surface area contributed by atoms with Crippen LogP contribution in [0.15, 0.2) is 47.6 Å². The van der Waals surface area contributed by atoms with E-state index in [-0.39, 0.29) is 17.4 Å². The molecule has 3 N–H and O–H groups in total. The van der Waals surface area contributed by atoms with Crippen LogP contribution >= 0.6 is 0 Å². The summed E-state index contributed by atoms with van der Waals surface area (Å²) < 4.78 is 5.26. The van der Waals surface area contributed by atoms with Crippen molar-refractivity contribution in [3.63, 3.8) is 0 Å². The zero-order valence-corrected chi connectivity index (χ0v) is 12.0. The van der Waals surface area contributed by atoms with Gasteiger partial charge in [0.25, 0.3) is 5.91 Å². The predicted octanol–water partition coefficient (Wildman–Crippen LogP) is 2.26. The van der Waals surface area contributed by atoms with Crippen molar-refractivity contribution in [2.75, 3.05) is 6.61 Å². The summed E-state index contributed by atoms with van der Waals surface area (Å²) in [5.74, 6) is 0.107. The molecular weight excluding hydrogens is 284 g/mol. The molecule has 2 aromatic carbocycles. The molecule has 0 saturated heterocycles. The quantitative estimate of drug-likeness (QED) is 0.583. The number of aromatic hydroxyl groups is 2. The van der Waals surface area contributed by atoms with E-state index in [2.05, 4.69) is 10.5 Å². The van der Waals surface area contributed by atoms with Gasteiger partial charge in [0, 0.05) is 5.56 Å². The van der Waals surface area contributed by atoms with E-state index >= 15 is 0 Å². The zero-order chi connectivity index (χ0) is 15.9. The Morgan fingerprint density at radius 2 is 1.95 bits per heavy atom. The Morgan fingerprint density at radius 3 is 2.64 bits per heavy atom. The van der Waals surface area contributed by atoms with Crippen molar-refractivity contribution < 1.29 is 19.7 Å². The van der Waals surface area contributed by atoms with Gasteiger partial charge in [-0.05, 0) is 55.0 Å². The summed E-state index contributed by atoms with van der Waals surface area (Å²) in [6.07, 6.45) is 1.44. The molecule has 22 heavy (non-hydrogen) atoms. The van der Waals surface area contributed by atoms with Crippen LogP contribution < -0.4 is 10.2 Å². The average molecular weight is 300 g/mol. The summed E-state index contributed by atoms with van der Waals surface area (Å²) >= 11 is 0. The molecule has 6 nitrogen and oxygen atoms in total. The molecule has 0 heterocycles. The lowest BCUT2D eigenvalue weighted by molar-refractivity contribution is 0.0955. The third-order valence-corrected chi connectivity index (χ3v) is 2.79. The summed E-state index contributed by atoms with van der Waals surface area (Å²) in [6.45, 7) is 2.25. The molecule has 6 heteroatoms. The average Bonchev–Trinajstić information content (AvgIpc) is 2.51. The van der Waals surface area contributed by atoms with Crippen molar-refractivity contribution in [2.45, 2.75) is 6.92 Å². The van der Waals surface area contributed by atoms with Gasteiger partial charge in [0.15, 0.2) is 11.5 Å². The van der Waals surface area contributed by atoms with Crippen molar-refractivity contribution in [3.05, 3.63) is 53.6 Å². The third-order valence-electron chi connectivity index (χ3n) is 2.79. The van der Waals surface area contributed by atoms with Crippen LogP contribution in [0.5, 0.6) is 17.2 Å². The van der Waals surface area contributed by atoms with Crippen molar-refractivity contribution in [3.8, 4) is 17.2 Å². The van der Waals surface area contributed by atoms with Gasteiger partial charge < -0.3 is 14.9 Å². The van der Waals surface area contributed by atoms with Crippen molar-refractivity contribution in [1.82, 2.24) is 5.43 Å². The highest BCUT2D eigenvalue weighted by atomic mass is 16.5. The van der Waals surface area contributed by atoms with Gasteiger partial charge in [-0.15, -0.1) is 0 Å². The lowest BCUT2D eigenvalue weighted by Crippen LogP contribution is -2.17. The second kappa shape index (κ2) is 7.12. The van der Waals surface area contributed by atoms with Crippen LogP contribution in [0.1, 0.15) is 22.8 Å². The van der Waals surface area contributed by atoms with E-state index in [0.29, 0.717) is 23.5 Å². The van der Waals surface area contributed by atoms with Crippen molar-refractivity contribution in [2.24, 2.45) is 5.10 Å². The summed E-state index contributed by atoms with van der Waals surface area (Å²) in [6, 6.07) is 10.6. The number of hydrogen-bond acceptors (Lipinski definition) is 5. The SMILES string of the molecule is CCOc1cc(/C=N\NC(=O)c2ccc(O)cc2)ccc1O. The van der Waals surface area contributed by atoms with Crippen LogP contribution in [0.4, 0.5) is 0 Å². The first-order valence-electron chi connectivity index (χ1n) is 6.68. The maximum Gasteiger partial charge on any atom is 0.271 e. The third kappa shape index (κ3) is 3.99. The fraction of sp³-hybridized carbons (Fsp3) is 0.125. The molecule has 0 spiro atoms. The smallest absolute Gasteiger partial charge is 0.271 e. The number of benzene rings is 2. The molecule has 0 fully saturated rings. The normalized spacial score (nSPS) is 10.6. The topological polar surface area (TPSA) is 91.2 Å². The van der Waals surface area contributed by atoms with Gasteiger partial charge in [-0.3, -0.25) is 4.79 Å². The van der Waals surface area contributed by atoms with Crippen LogP contribution in [0.3, 0.4) is 0 Å². The summed E-state index contributed by atoms with van der Waals surface area (Å²) in [4.78, 5) is 11.8. The second-order valence-electron chi connectivity index (χ2n) is 4.41. The Hall–Kier alpha value is -3.02. The van der Waals surface area contributed by atoms with E-state index in [1.807, 2.05) is 6.92 Å². The Kier molecular flexibility index (Phi) is 4.98. The Balaban J connectivity index is 2.01. The van der Waals surface area contributed by atoms with E-state index in [1.165, 1.54) is 36.5 Å². The Labute approximate surface area is 127 Å².